The molecule has 156 valence electrons. The molecule has 4 rings (SSSR count). The summed E-state index contributed by atoms with van der Waals surface area (Å²) in [6.07, 6.45) is 0. The van der Waals surface area contributed by atoms with Crippen molar-refractivity contribution in [2.24, 2.45) is 5.10 Å². The molecule has 9 nitrogen and oxygen atoms in total. The Balaban J connectivity index is 1.48. The first kappa shape index (κ1) is 19.9. The Morgan fingerprint density at radius 2 is 2.00 bits per heavy atom. The summed E-state index contributed by atoms with van der Waals surface area (Å²) in [6, 6.07) is 10.4. The number of carbonyl (C=O) groups is 2. The van der Waals surface area contributed by atoms with E-state index in [-0.39, 0.29) is 18.5 Å². The van der Waals surface area contributed by atoms with Gasteiger partial charge in [-0.3, -0.25) is 14.5 Å². The zero-order valence-corrected chi connectivity index (χ0v) is 17.2. The molecule has 10 heteroatoms. The Kier molecular flexibility index (Phi) is 5.66. The van der Waals surface area contributed by atoms with Gasteiger partial charge in [0.05, 0.1) is 32.1 Å². The van der Waals surface area contributed by atoms with Gasteiger partial charge in [0.15, 0.2) is 16.7 Å². The van der Waals surface area contributed by atoms with E-state index in [2.05, 4.69) is 10.5 Å². The lowest BCUT2D eigenvalue weighted by Gasteiger charge is -2.16. The van der Waals surface area contributed by atoms with Crippen molar-refractivity contribution in [3.8, 4) is 23.0 Å². The maximum Gasteiger partial charge on any atom is 0.275 e. The monoisotopic (exact) mass is 429 g/mol. The van der Waals surface area contributed by atoms with Crippen molar-refractivity contribution in [3.05, 3.63) is 47.5 Å². The summed E-state index contributed by atoms with van der Waals surface area (Å²) in [5.41, 5.74) is 3.67. The van der Waals surface area contributed by atoms with Gasteiger partial charge in [0, 0.05) is 6.07 Å². The van der Waals surface area contributed by atoms with Crippen LogP contribution in [0.1, 0.15) is 15.9 Å². The minimum atomic E-state index is -0.454. The van der Waals surface area contributed by atoms with E-state index in [9.17, 15) is 9.59 Å². The van der Waals surface area contributed by atoms with E-state index in [0.29, 0.717) is 40.3 Å². The molecule has 0 unspecified atom stereocenters. The fraction of sp³-hybridized carbons (Fsp3) is 0.250. The molecule has 0 aromatic heterocycles. The summed E-state index contributed by atoms with van der Waals surface area (Å²) in [6.45, 7) is 0.494. The van der Waals surface area contributed by atoms with Crippen LogP contribution in [0.25, 0.3) is 0 Å². The van der Waals surface area contributed by atoms with Gasteiger partial charge in [0.25, 0.3) is 5.91 Å². The van der Waals surface area contributed by atoms with E-state index in [1.54, 1.807) is 24.3 Å². The zero-order chi connectivity index (χ0) is 21.1. The molecule has 0 radical (unpaired) electrons. The van der Waals surface area contributed by atoms with E-state index in [1.165, 1.54) is 30.9 Å². The number of amidine groups is 1. The second kappa shape index (κ2) is 8.54. The highest BCUT2D eigenvalue weighted by Crippen LogP contribution is 2.33. The number of amides is 2. The largest absolute Gasteiger partial charge is 0.497 e. The summed E-state index contributed by atoms with van der Waals surface area (Å²) in [5, 5.41) is 4.58. The zero-order valence-electron chi connectivity index (χ0n) is 16.3. The van der Waals surface area contributed by atoms with E-state index < -0.39 is 5.91 Å². The lowest BCUT2D eigenvalue weighted by Crippen LogP contribution is -2.31. The number of carbonyl (C=O) groups excluding carboxylic acids is 2. The lowest BCUT2D eigenvalue weighted by atomic mass is 10.2. The molecule has 2 aliphatic heterocycles. The average Bonchev–Trinajstić information content (AvgIpc) is 3.38. The van der Waals surface area contributed by atoms with Gasteiger partial charge in [-0.1, -0.05) is 17.8 Å². The van der Waals surface area contributed by atoms with Crippen molar-refractivity contribution in [1.29, 1.82) is 0 Å². The second-order valence-corrected chi connectivity index (χ2v) is 7.30. The van der Waals surface area contributed by atoms with Crippen LogP contribution in [0, 0.1) is 0 Å². The summed E-state index contributed by atoms with van der Waals surface area (Å²) in [4.78, 5) is 26.4. The summed E-state index contributed by atoms with van der Waals surface area (Å²) >= 11 is 1.26. The number of fused-ring (bicyclic) bond motifs is 1. The van der Waals surface area contributed by atoms with Crippen LogP contribution >= 0.6 is 11.8 Å². The number of hydrogen-bond donors (Lipinski definition) is 1. The number of hydrogen-bond acceptors (Lipinski definition) is 8. The predicted molar refractivity (Wildman–Crippen MR) is 110 cm³/mol. The molecule has 1 fully saturated rings. The third kappa shape index (κ3) is 3.99. The number of rotatable bonds is 6. The highest BCUT2D eigenvalue weighted by molar-refractivity contribution is 8.15. The number of methoxy groups -OCH3 is 2. The topological polar surface area (TPSA) is 98.7 Å². The first-order valence-electron chi connectivity index (χ1n) is 9.01. The maximum atomic E-state index is 12.6. The molecule has 0 atom stereocenters. The van der Waals surface area contributed by atoms with Gasteiger partial charge >= 0.3 is 0 Å². The molecule has 0 saturated carbocycles. The van der Waals surface area contributed by atoms with Crippen LogP contribution in [-0.4, -0.2) is 48.6 Å². The van der Waals surface area contributed by atoms with E-state index >= 15 is 0 Å². The number of ether oxygens (including phenoxy) is 4. The molecule has 30 heavy (non-hydrogen) atoms. The Hall–Kier alpha value is -3.40. The molecule has 2 aromatic carbocycles. The Labute approximate surface area is 176 Å². The van der Waals surface area contributed by atoms with Crippen LogP contribution < -0.4 is 24.4 Å². The minimum absolute atomic E-state index is 0.0901. The molecule has 2 heterocycles. The molecule has 1 N–H and O–H groups in total. The summed E-state index contributed by atoms with van der Waals surface area (Å²) in [5.74, 6) is 1.96. The summed E-state index contributed by atoms with van der Waals surface area (Å²) < 4.78 is 21.1. The van der Waals surface area contributed by atoms with Crippen molar-refractivity contribution in [2.75, 3.05) is 26.8 Å². The lowest BCUT2D eigenvalue weighted by molar-refractivity contribution is -0.124. The molecule has 2 aromatic rings. The number of hydrazone groups is 1. The Morgan fingerprint density at radius 3 is 2.80 bits per heavy atom. The third-order valence-corrected chi connectivity index (χ3v) is 5.50. The molecular weight excluding hydrogens is 410 g/mol. The third-order valence-electron chi connectivity index (χ3n) is 4.54. The van der Waals surface area contributed by atoms with Crippen LogP contribution in [0.15, 0.2) is 41.5 Å². The first-order chi connectivity index (χ1) is 14.6. The molecule has 2 aliphatic rings. The number of benzene rings is 2. The van der Waals surface area contributed by atoms with Crippen molar-refractivity contribution in [3.63, 3.8) is 0 Å². The number of nitrogens with one attached hydrogen (secondary N) is 1. The van der Waals surface area contributed by atoms with Gasteiger partial charge in [-0.25, -0.2) is 5.43 Å². The highest BCUT2D eigenvalue weighted by Gasteiger charge is 2.29. The average molecular weight is 429 g/mol. The van der Waals surface area contributed by atoms with Crippen molar-refractivity contribution in [1.82, 2.24) is 10.3 Å². The van der Waals surface area contributed by atoms with Crippen molar-refractivity contribution < 1.29 is 28.5 Å². The van der Waals surface area contributed by atoms with E-state index in [4.69, 9.17) is 18.9 Å². The smallest absolute Gasteiger partial charge is 0.275 e. The summed E-state index contributed by atoms with van der Waals surface area (Å²) in [7, 11) is 3.00. The molecule has 1 saturated heterocycles. The van der Waals surface area contributed by atoms with E-state index in [1.807, 2.05) is 12.1 Å². The Bertz CT molecular complexity index is 1030. The Morgan fingerprint density at radius 1 is 1.17 bits per heavy atom. The van der Waals surface area contributed by atoms with Crippen LogP contribution in [0.4, 0.5) is 0 Å². The minimum Gasteiger partial charge on any atom is -0.497 e. The maximum absolute atomic E-state index is 12.6. The van der Waals surface area contributed by atoms with Crippen molar-refractivity contribution in [2.45, 2.75) is 6.54 Å². The molecule has 0 spiro atoms. The first-order valence-corrected chi connectivity index (χ1v) is 9.99. The van der Waals surface area contributed by atoms with Gasteiger partial charge < -0.3 is 18.9 Å². The van der Waals surface area contributed by atoms with Crippen LogP contribution in [0.2, 0.25) is 0 Å². The molecule has 0 bridgehead atoms. The molecule has 2 amide bonds. The van der Waals surface area contributed by atoms with E-state index in [0.717, 1.165) is 5.56 Å². The van der Waals surface area contributed by atoms with Gasteiger partial charge in [-0.2, -0.15) is 0 Å². The molecular formula is C20H19N3O6S. The second-order valence-electron chi connectivity index (χ2n) is 6.36. The van der Waals surface area contributed by atoms with Crippen molar-refractivity contribution >= 4 is 28.7 Å². The standard InChI is InChI=1S/C20H19N3O6S/c1-26-13-4-5-14(16(8-13)27-2)19(25)21-22-20-23(18(24)10-30-20)9-12-3-6-15-17(7-12)29-11-28-15/h3-8H,9-11H2,1-2H3,(H,21,25)/b22-20-. The SMILES string of the molecule is COc1ccc(C(=O)N/N=C2\SCC(=O)N2Cc2ccc3c(c2)OCO3)c(OC)c1. The van der Waals surface area contributed by atoms with Gasteiger partial charge in [-0.05, 0) is 29.8 Å². The van der Waals surface area contributed by atoms with Crippen LogP contribution in [0.5, 0.6) is 23.0 Å². The van der Waals surface area contributed by atoms with Crippen LogP contribution in [-0.2, 0) is 11.3 Å². The fourth-order valence-corrected chi connectivity index (χ4v) is 3.84. The quantitative estimate of drug-likeness (QED) is 0.703. The number of thioether (sulfide) groups is 1. The van der Waals surface area contributed by atoms with Gasteiger partial charge in [-0.15, -0.1) is 5.10 Å². The number of nitrogens with zero attached hydrogens (tertiary/aromatic N) is 2. The normalized spacial score (nSPS) is 16.1. The van der Waals surface area contributed by atoms with Gasteiger partial charge in [0.1, 0.15) is 11.5 Å². The highest BCUT2D eigenvalue weighted by atomic mass is 32.2. The van der Waals surface area contributed by atoms with Gasteiger partial charge in [0.2, 0.25) is 12.7 Å². The fourth-order valence-electron chi connectivity index (χ4n) is 3.00. The molecule has 0 aliphatic carbocycles. The predicted octanol–water partition coefficient (Wildman–Crippen LogP) is 2.21. The van der Waals surface area contributed by atoms with Crippen LogP contribution in [0.3, 0.4) is 0 Å².